The summed E-state index contributed by atoms with van der Waals surface area (Å²) < 4.78 is 0. The molecule has 4 aromatic rings. The van der Waals surface area contributed by atoms with Crippen molar-refractivity contribution in [1.82, 2.24) is 0 Å². The monoisotopic (exact) mass is 404 g/mol. The van der Waals surface area contributed by atoms with Crippen molar-refractivity contribution >= 4 is 33.1 Å². The van der Waals surface area contributed by atoms with E-state index in [4.69, 9.17) is 11.2 Å². The van der Waals surface area contributed by atoms with E-state index in [0.717, 1.165) is 21.5 Å². The fraction of sp³-hybridized carbons (Fsp3) is 0.0400. The molecule has 0 aromatic heterocycles. The summed E-state index contributed by atoms with van der Waals surface area (Å²) in [5.41, 5.74) is 0.853. The van der Waals surface area contributed by atoms with Crippen LogP contribution in [0.2, 0.25) is 0 Å². The van der Waals surface area contributed by atoms with Crippen molar-refractivity contribution < 1.29 is 5.11 Å². The number of phenolic OH excluding ortho intramolecular Hbond substituents is 1. The van der Waals surface area contributed by atoms with E-state index < -0.39 is 5.96 Å². The maximum atomic E-state index is 10.6. The Morgan fingerprint density at radius 3 is 1.29 bits per heavy atom. The van der Waals surface area contributed by atoms with Gasteiger partial charge in [0.2, 0.25) is 0 Å². The third-order valence-electron chi connectivity index (χ3n) is 5.34. The van der Waals surface area contributed by atoms with Crippen LogP contribution in [0.5, 0.6) is 5.75 Å². The zero-order valence-corrected chi connectivity index (χ0v) is 17.1. The number of hydrogen-bond donors (Lipinski definition) is 1. The molecule has 0 aliphatic heterocycles. The minimum absolute atomic E-state index is 0.278. The van der Waals surface area contributed by atoms with Crippen LogP contribution in [0.1, 0.15) is 5.56 Å². The van der Waals surface area contributed by atoms with Gasteiger partial charge >= 0.3 is 171 Å². The number of hydrogen-bond acceptors (Lipinski definition) is 1. The number of rotatable bonds is 5. The summed E-state index contributed by atoms with van der Waals surface area (Å²) in [7, 11) is 0. The average Bonchev–Trinajstić information content (AvgIpc) is 2.77. The zero-order valence-electron chi connectivity index (χ0n) is 15.4. The fourth-order valence-electron chi connectivity index (χ4n) is 3.90. The molecule has 0 aliphatic carbocycles. The Morgan fingerprint density at radius 1 is 0.536 bits per heavy atom. The Bertz CT molecular complexity index is 966. The first-order chi connectivity index (χ1) is 13.6. The van der Waals surface area contributed by atoms with Crippen LogP contribution in [0.4, 0.5) is 0 Å². The van der Waals surface area contributed by atoms with Gasteiger partial charge in [-0.05, 0) is 0 Å². The number of aromatic hydroxyl groups is 1. The van der Waals surface area contributed by atoms with E-state index in [1.807, 2.05) is 72.8 Å². The van der Waals surface area contributed by atoms with Gasteiger partial charge in [-0.3, -0.25) is 0 Å². The van der Waals surface area contributed by atoms with Gasteiger partial charge in [-0.2, -0.15) is 0 Å². The molecule has 0 spiro atoms. The van der Waals surface area contributed by atoms with Gasteiger partial charge in [0.15, 0.2) is 0 Å². The fourth-order valence-corrected chi connectivity index (χ4v) is 10.0. The molecule has 0 radical (unpaired) electrons. The van der Waals surface area contributed by atoms with E-state index in [-0.39, 0.29) is 5.75 Å². The predicted octanol–water partition coefficient (Wildman–Crippen LogP) is 5.58. The van der Waals surface area contributed by atoms with E-state index in [9.17, 15) is 5.11 Å². The van der Waals surface area contributed by atoms with Crippen LogP contribution < -0.4 is 15.9 Å². The van der Waals surface area contributed by atoms with Crippen LogP contribution in [0.25, 0.3) is 0 Å². The Kier molecular flexibility index (Phi) is 4.98. The first-order valence-electron chi connectivity index (χ1n) is 9.29. The van der Waals surface area contributed by atoms with Crippen molar-refractivity contribution in [2.75, 3.05) is 0 Å². The molecule has 0 heterocycles. The molecule has 28 heavy (non-hydrogen) atoms. The first kappa shape index (κ1) is 18.7. The molecule has 0 saturated carbocycles. The summed E-state index contributed by atoms with van der Waals surface area (Å²) in [6.07, 6.45) is 0.540. The Labute approximate surface area is 171 Å². The summed E-state index contributed by atoms with van der Waals surface area (Å²) in [5, 5.41) is 13.9. The van der Waals surface area contributed by atoms with Crippen LogP contribution in [0, 0.1) is 0 Å². The molecule has 140 valence electrons. The zero-order chi connectivity index (χ0) is 19.5. The second-order valence-electron chi connectivity index (χ2n) is 6.98. The van der Waals surface area contributed by atoms with Crippen molar-refractivity contribution in [2.45, 2.75) is 6.16 Å². The van der Waals surface area contributed by atoms with Gasteiger partial charge in [0, 0.05) is 0 Å². The molecule has 0 fully saturated rings. The Hall–Kier alpha value is -2.60. The van der Waals surface area contributed by atoms with Crippen LogP contribution >= 0.6 is 17.2 Å². The van der Waals surface area contributed by atoms with Gasteiger partial charge in [-0.15, -0.1) is 0 Å². The Balaban J connectivity index is 2.11. The van der Waals surface area contributed by atoms with Gasteiger partial charge in [0.1, 0.15) is 0 Å². The van der Waals surface area contributed by atoms with Crippen molar-refractivity contribution in [2.24, 2.45) is 0 Å². The van der Waals surface area contributed by atoms with Crippen molar-refractivity contribution in [3.63, 3.8) is 0 Å². The second-order valence-corrected chi connectivity index (χ2v) is 13.4. The number of benzene rings is 4. The maximum absolute atomic E-state index is 10.6. The SMILES string of the molecule is Oc1ccccc1CP(Cl)(c1ccccc1)(c1ccccc1)c1ccccc1. The van der Waals surface area contributed by atoms with Crippen molar-refractivity contribution in [3.05, 3.63) is 121 Å². The molecule has 0 saturated heterocycles. The van der Waals surface area contributed by atoms with Crippen LogP contribution in [0.15, 0.2) is 115 Å². The Morgan fingerprint density at radius 2 is 0.893 bits per heavy atom. The summed E-state index contributed by atoms with van der Waals surface area (Å²) in [6.45, 7) is 0. The molecular formula is C25H22ClOP. The molecule has 3 heteroatoms. The summed E-state index contributed by atoms with van der Waals surface area (Å²) in [6, 6.07) is 38.4. The van der Waals surface area contributed by atoms with E-state index in [0.29, 0.717) is 6.16 Å². The average molecular weight is 405 g/mol. The normalized spacial score (nSPS) is 12.8. The third-order valence-corrected chi connectivity index (χ3v) is 12.5. The molecule has 0 bridgehead atoms. The van der Waals surface area contributed by atoms with Crippen molar-refractivity contribution in [3.8, 4) is 5.75 Å². The first-order valence-corrected chi connectivity index (χ1v) is 12.6. The van der Waals surface area contributed by atoms with Crippen LogP contribution in [0.3, 0.4) is 0 Å². The van der Waals surface area contributed by atoms with Crippen LogP contribution in [-0.2, 0) is 6.16 Å². The minimum atomic E-state index is -3.40. The third kappa shape index (κ3) is 3.02. The molecule has 4 aromatic carbocycles. The van der Waals surface area contributed by atoms with Gasteiger partial charge in [-0.1, -0.05) is 0 Å². The van der Waals surface area contributed by atoms with Gasteiger partial charge in [0.25, 0.3) is 0 Å². The van der Waals surface area contributed by atoms with Crippen LogP contribution in [-0.4, -0.2) is 5.11 Å². The summed E-state index contributed by atoms with van der Waals surface area (Å²) in [5.74, 6) is -3.12. The molecule has 0 aliphatic rings. The molecule has 4 rings (SSSR count). The summed E-state index contributed by atoms with van der Waals surface area (Å²) in [4.78, 5) is 0. The molecule has 0 unspecified atom stereocenters. The quantitative estimate of drug-likeness (QED) is 0.431. The molecule has 0 atom stereocenters. The number of phenols is 1. The summed E-state index contributed by atoms with van der Waals surface area (Å²) >= 11 is 8.00. The topological polar surface area (TPSA) is 20.2 Å². The van der Waals surface area contributed by atoms with E-state index in [1.54, 1.807) is 6.07 Å². The van der Waals surface area contributed by atoms with Gasteiger partial charge < -0.3 is 0 Å². The predicted molar refractivity (Wildman–Crippen MR) is 123 cm³/mol. The van der Waals surface area contributed by atoms with E-state index in [2.05, 4.69) is 36.4 Å². The molecule has 1 nitrogen and oxygen atoms in total. The second kappa shape index (κ2) is 7.43. The number of halogens is 1. The van der Waals surface area contributed by atoms with Gasteiger partial charge in [0.05, 0.1) is 0 Å². The molecule has 1 N–H and O–H groups in total. The molecule has 0 amide bonds. The van der Waals surface area contributed by atoms with E-state index >= 15 is 0 Å². The standard InChI is InChI=1S/C25H22ClOP/c26-28(22-13-4-1-5-14-22,23-15-6-2-7-16-23,24-17-8-3-9-18-24)20-21-12-10-11-19-25(21)27/h1-19,27H,20H2. The number of para-hydroxylation sites is 1. The van der Waals surface area contributed by atoms with Crippen molar-refractivity contribution in [1.29, 1.82) is 0 Å². The molecular weight excluding hydrogens is 383 g/mol. The van der Waals surface area contributed by atoms with Gasteiger partial charge in [-0.25, -0.2) is 0 Å². The van der Waals surface area contributed by atoms with E-state index in [1.165, 1.54) is 0 Å².